The van der Waals surface area contributed by atoms with Gasteiger partial charge in [-0.25, -0.2) is 9.97 Å². The van der Waals surface area contributed by atoms with E-state index in [-0.39, 0.29) is 0 Å². The standard InChI is InChI=1S/C62H38N4/c1-2-13-39(14-3-1)40-25-27-41(28-26-40)62-63-54-21-10-8-20-51(54)61(64-62)48-30-29-47-34-49(32-31-46(47)33-48)65-56-23-12-24-57(60(56)53-36-43-16-5-7-18-45(43)38-59(53)65)66-55-22-11-9-19-50(55)52-35-42-15-4-6-17-44(42)37-58(52)66/h1-38H. The van der Waals surface area contributed by atoms with Gasteiger partial charge in [-0.3, -0.25) is 0 Å². The van der Waals surface area contributed by atoms with Crippen LogP contribution in [0.15, 0.2) is 231 Å². The highest BCUT2D eigenvalue weighted by Gasteiger charge is 2.21. The second-order valence-corrected chi connectivity index (χ2v) is 17.4. The highest BCUT2D eigenvalue weighted by molar-refractivity contribution is 6.20. The largest absolute Gasteiger partial charge is 0.309 e. The quantitative estimate of drug-likeness (QED) is 0.173. The van der Waals surface area contributed by atoms with Crippen molar-refractivity contribution in [2.75, 3.05) is 0 Å². The molecule has 0 spiro atoms. The van der Waals surface area contributed by atoms with Crippen LogP contribution in [0.3, 0.4) is 0 Å². The van der Waals surface area contributed by atoms with E-state index >= 15 is 0 Å². The van der Waals surface area contributed by atoms with E-state index in [4.69, 9.17) is 9.97 Å². The van der Waals surface area contributed by atoms with Crippen LogP contribution in [0.25, 0.3) is 132 Å². The van der Waals surface area contributed by atoms with Gasteiger partial charge >= 0.3 is 0 Å². The Morgan fingerprint density at radius 2 is 0.848 bits per heavy atom. The summed E-state index contributed by atoms with van der Waals surface area (Å²) < 4.78 is 4.95. The third-order valence-corrected chi connectivity index (χ3v) is 13.6. The molecule has 0 radical (unpaired) electrons. The van der Waals surface area contributed by atoms with Gasteiger partial charge in [0.25, 0.3) is 0 Å². The molecule has 0 saturated carbocycles. The van der Waals surface area contributed by atoms with Gasteiger partial charge in [-0.05, 0) is 110 Å². The smallest absolute Gasteiger partial charge is 0.160 e. The normalized spacial score (nSPS) is 11.9. The third-order valence-electron chi connectivity index (χ3n) is 13.6. The molecule has 0 saturated heterocycles. The summed E-state index contributed by atoms with van der Waals surface area (Å²) in [6.45, 7) is 0. The minimum Gasteiger partial charge on any atom is -0.309 e. The van der Waals surface area contributed by atoms with Crippen LogP contribution in [0.2, 0.25) is 0 Å². The topological polar surface area (TPSA) is 35.6 Å². The number of aromatic nitrogens is 4. The fraction of sp³-hybridized carbons (Fsp3) is 0. The number of para-hydroxylation sites is 2. The second-order valence-electron chi connectivity index (χ2n) is 17.4. The number of hydrogen-bond donors (Lipinski definition) is 0. The number of fused-ring (bicyclic) bond motifs is 10. The van der Waals surface area contributed by atoms with E-state index in [2.05, 4.69) is 234 Å². The van der Waals surface area contributed by atoms with Crippen molar-refractivity contribution in [1.29, 1.82) is 0 Å². The van der Waals surface area contributed by atoms with Crippen LogP contribution in [0.1, 0.15) is 0 Å². The molecule has 0 unspecified atom stereocenters. The van der Waals surface area contributed by atoms with Crippen LogP contribution in [-0.4, -0.2) is 19.1 Å². The summed E-state index contributed by atoms with van der Waals surface area (Å²) >= 11 is 0. The second kappa shape index (κ2) is 14.3. The lowest BCUT2D eigenvalue weighted by Crippen LogP contribution is -1.97. The molecule has 0 amide bonds. The molecule has 0 bridgehead atoms. The maximum Gasteiger partial charge on any atom is 0.160 e. The molecule has 306 valence electrons. The summed E-state index contributed by atoms with van der Waals surface area (Å²) in [5, 5.41) is 13.2. The van der Waals surface area contributed by atoms with Crippen LogP contribution in [0, 0.1) is 0 Å². The van der Waals surface area contributed by atoms with Crippen molar-refractivity contribution in [3.8, 4) is 45.1 Å². The minimum absolute atomic E-state index is 0.714. The van der Waals surface area contributed by atoms with Crippen molar-refractivity contribution < 1.29 is 0 Å². The third kappa shape index (κ3) is 5.65. The van der Waals surface area contributed by atoms with Gasteiger partial charge in [0.2, 0.25) is 0 Å². The van der Waals surface area contributed by atoms with E-state index < -0.39 is 0 Å². The predicted molar refractivity (Wildman–Crippen MR) is 277 cm³/mol. The van der Waals surface area contributed by atoms with E-state index in [0.717, 1.165) is 49.7 Å². The molecular weight excluding hydrogens is 801 g/mol. The summed E-state index contributed by atoms with van der Waals surface area (Å²) in [7, 11) is 0. The lowest BCUT2D eigenvalue weighted by atomic mass is 10.0. The lowest BCUT2D eigenvalue weighted by Gasteiger charge is -2.13. The SMILES string of the molecule is c1ccc(-c2ccc(-c3nc(-c4ccc5cc(-n6c7cc8ccccc8cc7c7c(-n8c9ccccc9c9cc%10ccccc%10cc98)cccc76)ccc5c4)c4ccccc4n3)cc2)cc1. The van der Waals surface area contributed by atoms with Crippen molar-refractivity contribution in [3.05, 3.63) is 231 Å². The monoisotopic (exact) mass is 838 g/mol. The first-order valence-corrected chi connectivity index (χ1v) is 22.6. The van der Waals surface area contributed by atoms with E-state index in [0.29, 0.717) is 5.82 Å². The Kier molecular flexibility index (Phi) is 7.95. The van der Waals surface area contributed by atoms with Gasteiger partial charge in [0.1, 0.15) is 0 Å². The maximum absolute atomic E-state index is 5.27. The molecule has 0 fully saturated rings. The van der Waals surface area contributed by atoms with Gasteiger partial charge in [-0.15, -0.1) is 0 Å². The predicted octanol–water partition coefficient (Wildman–Crippen LogP) is 16.3. The van der Waals surface area contributed by atoms with Gasteiger partial charge < -0.3 is 9.13 Å². The first kappa shape index (κ1) is 36.6. The average molecular weight is 839 g/mol. The minimum atomic E-state index is 0.714. The molecule has 0 aliphatic heterocycles. The van der Waals surface area contributed by atoms with Gasteiger partial charge in [0, 0.05) is 43.7 Å². The average Bonchev–Trinajstić information content (AvgIpc) is 3.88. The van der Waals surface area contributed by atoms with Crippen LogP contribution in [-0.2, 0) is 0 Å². The summed E-state index contributed by atoms with van der Waals surface area (Å²) in [4.78, 5) is 10.3. The fourth-order valence-corrected chi connectivity index (χ4v) is 10.5. The van der Waals surface area contributed by atoms with Gasteiger partial charge in [-0.1, -0.05) is 164 Å². The molecule has 14 aromatic rings. The number of hydrogen-bond acceptors (Lipinski definition) is 2. The molecular formula is C62H38N4. The van der Waals surface area contributed by atoms with Crippen molar-refractivity contribution in [3.63, 3.8) is 0 Å². The van der Waals surface area contributed by atoms with Crippen molar-refractivity contribution >= 4 is 86.8 Å². The maximum atomic E-state index is 5.27. The molecule has 4 nitrogen and oxygen atoms in total. The van der Waals surface area contributed by atoms with Crippen molar-refractivity contribution in [2.24, 2.45) is 0 Å². The molecule has 4 heteroatoms. The van der Waals surface area contributed by atoms with Crippen molar-refractivity contribution in [2.45, 2.75) is 0 Å². The van der Waals surface area contributed by atoms with E-state index in [1.165, 1.54) is 76.5 Å². The molecule has 0 aliphatic carbocycles. The summed E-state index contributed by atoms with van der Waals surface area (Å²) in [6.07, 6.45) is 0. The highest BCUT2D eigenvalue weighted by atomic mass is 15.0. The lowest BCUT2D eigenvalue weighted by molar-refractivity contribution is 1.17. The Labute approximate surface area is 379 Å². The van der Waals surface area contributed by atoms with Crippen LogP contribution >= 0.6 is 0 Å². The molecule has 3 aromatic heterocycles. The molecule has 0 N–H and O–H groups in total. The Morgan fingerprint density at radius 1 is 0.288 bits per heavy atom. The van der Waals surface area contributed by atoms with E-state index in [1.54, 1.807) is 0 Å². The van der Waals surface area contributed by atoms with Crippen LogP contribution in [0.5, 0.6) is 0 Å². The molecule has 3 heterocycles. The van der Waals surface area contributed by atoms with Crippen molar-refractivity contribution in [1.82, 2.24) is 19.1 Å². The van der Waals surface area contributed by atoms with E-state index in [1.807, 2.05) is 6.07 Å². The Morgan fingerprint density at radius 3 is 1.64 bits per heavy atom. The first-order valence-electron chi connectivity index (χ1n) is 22.6. The molecule has 66 heavy (non-hydrogen) atoms. The molecule has 0 atom stereocenters. The summed E-state index contributed by atoms with van der Waals surface area (Å²) in [6, 6.07) is 83.5. The number of benzene rings is 11. The molecule has 14 rings (SSSR count). The summed E-state index contributed by atoms with van der Waals surface area (Å²) in [5.41, 5.74) is 13.3. The van der Waals surface area contributed by atoms with Gasteiger partial charge in [0.05, 0.1) is 39.0 Å². The Balaban J connectivity index is 0.941. The van der Waals surface area contributed by atoms with Crippen LogP contribution < -0.4 is 0 Å². The van der Waals surface area contributed by atoms with Crippen LogP contribution in [0.4, 0.5) is 0 Å². The Hall–Kier alpha value is -8.86. The zero-order valence-electron chi connectivity index (χ0n) is 35.7. The van der Waals surface area contributed by atoms with Gasteiger partial charge in [-0.2, -0.15) is 0 Å². The highest BCUT2D eigenvalue weighted by Crippen LogP contribution is 2.43. The molecule has 0 aliphatic rings. The Bertz CT molecular complexity index is 4270. The summed E-state index contributed by atoms with van der Waals surface area (Å²) in [5.74, 6) is 0.714. The van der Waals surface area contributed by atoms with E-state index in [9.17, 15) is 0 Å². The van der Waals surface area contributed by atoms with Gasteiger partial charge in [0.15, 0.2) is 5.82 Å². The fourth-order valence-electron chi connectivity index (χ4n) is 10.5. The number of nitrogens with zero attached hydrogens (tertiary/aromatic N) is 4. The molecule has 11 aromatic carbocycles. The zero-order chi connectivity index (χ0) is 43.3. The number of rotatable bonds is 5. The first-order chi connectivity index (χ1) is 32.7. The zero-order valence-corrected chi connectivity index (χ0v) is 35.7.